The van der Waals surface area contributed by atoms with Crippen LogP contribution in [0.4, 0.5) is 0 Å². The molecular weight excluding hydrogens is 252 g/mol. The molecule has 3 fully saturated rings. The summed E-state index contributed by atoms with van der Waals surface area (Å²) in [4.78, 5) is 16.9. The van der Waals surface area contributed by atoms with Crippen molar-refractivity contribution in [3.63, 3.8) is 0 Å². The summed E-state index contributed by atoms with van der Waals surface area (Å²) in [7, 11) is 0. The van der Waals surface area contributed by atoms with Gasteiger partial charge in [-0.3, -0.25) is 14.6 Å². The van der Waals surface area contributed by atoms with E-state index in [0.29, 0.717) is 24.5 Å². The number of nitrogens with two attached hydrogens (primary N) is 1. The van der Waals surface area contributed by atoms with E-state index in [2.05, 4.69) is 15.1 Å². The van der Waals surface area contributed by atoms with Crippen LogP contribution in [0.1, 0.15) is 38.5 Å². The summed E-state index contributed by atoms with van der Waals surface area (Å²) in [5, 5.41) is 2.99. The van der Waals surface area contributed by atoms with Crippen molar-refractivity contribution in [2.24, 2.45) is 5.73 Å². The van der Waals surface area contributed by atoms with Crippen LogP contribution in [0.5, 0.6) is 0 Å². The monoisotopic (exact) mass is 280 g/mol. The predicted octanol–water partition coefficient (Wildman–Crippen LogP) is 0.153. The van der Waals surface area contributed by atoms with Gasteiger partial charge in [-0.15, -0.1) is 0 Å². The van der Waals surface area contributed by atoms with E-state index in [0.717, 1.165) is 58.4 Å². The van der Waals surface area contributed by atoms with Gasteiger partial charge in [0.15, 0.2) is 0 Å². The van der Waals surface area contributed by atoms with Crippen molar-refractivity contribution in [2.45, 2.75) is 56.7 Å². The Bertz CT molecular complexity index is 341. The SMILES string of the molecule is NC1CCN(C2CCN(C3CCCNC(=O)C3)C2)CC1. The second kappa shape index (κ2) is 6.41. The van der Waals surface area contributed by atoms with E-state index in [1.165, 1.54) is 6.42 Å². The van der Waals surface area contributed by atoms with Crippen molar-refractivity contribution in [3.8, 4) is 0 Å². The third-order valence-electron chi connectivity index (χ3n) is 5.26. The van der Waals surface area contributed by atoms with Crippen molar-refractivity contribution in [3.05, 3.63) is 0 Å². The van der Waals surface area contributed by atoms with Gasteiger partial charge < -0.3 is 11.1 Å². The van der Waals surface area contributed by atoms with Gasteiger partial charge in [-0.05, 0) is 45.2 Å². The molecule has 1 amide bonds. The summed E-state index contributed by atoms with van der Waals surface area (Å²) in [5.74, 6) is 0.236. The molecular formula is C15H28N4O. The highest BCUT2D eigenvalue weighted by atomic mass is 16.1. The first-order valence-electron chi connectivity index (χ1n) is 8.23. The Morgan fingerprint density at radius 1 is 1.00 bits per heavy atom. The molecule has 2 atom stereocenters. The molecule has 0 aromatic heterocycles. The lowest BCUT2D eigenvalue weighted by atomic mass is 10.0. The number of likely N-dealkylation sites (tertiary alicyclic amines) is 2. The largest absolute Gasteiger partial charge is 0.356 e. The quantitative estimate of drug-likeness (QED) is 0.756. The van der Waals surface area contributed by atoms with Gasteiger partial charge in [-0.1, -0.05) is 0 Å². The number of carbonyl (C=O) groups is 1. The number of carbonyl (C=O) groups excluding carboxylic acids is 1. The average Bonchev–Trinajstić information content (AvgIpc) is 2.83. The van der Waals surface area contributed by atoms with E-state index >= 15 is 0 Å². The Kier molecular flexibility index (Phi) is 4.58. The van der Waals surface area contributed by atoms with Crippen LogP contribution in [0.15, 0.2) is 0 Å². The fraction of sp³-hybridized carbons (Fsp3) is 0.933. The molecule has 114 valence electrons. The second-order valence-corrected chi connectivity index (χ2v) is 6.66. The molecule has 5 heteroatoms. The number of nitrogens with one attached hydrogen (secondary N) is 1. The smallest absolute Gasteiger partial charge is 0.221 e. The minimum Gasteiger partial charge on any atom is -0.356 e. The number of piperidine rings is 1. The minimum atomic E-state index is 0.236. The highest BCUT2D eigenvalue weighted by Crippen LogP contribution is 2.24. The lowest BCUT2D eigenvalue weighted by molar-refractivity contribution is -0.121. The van der Waals surface area contributed by atoms with E-state index in [1.807, 2.05) is 0 Å². The molecule has 5 nitrogen and oxygen atoms in total. The summed E-state index contributed by atoms with van der Waals surface area (Å²) >= 11 is 0. The van der Waals surface area contributed by atoms with Crippen LogP contribution in [0.25, 0.3) is 0 Å². The van der Waals surface area contributed by atoms with Crippen LogP contribution in [0, 0.1) is 0 Å². The summed E-state index contributed by atoms with van der Waals surface area (Å²) < 4.78 is 0. The highest BCUT2D eigenvalue weighted by Gasteiger charge is 2.34. The number of nitrogens with zero attached hydrogens (tertiary/aromatic N) is 2. The van der Waals surface area contributed by atoms with Gasteiger partial charge in [-0.2, -0.15) is 0 Å². The highest BCUT2D eigenvalue weighted by molar-refractivity contribution is 5.76. The Balaban J connectivity index is 1.52. The zero-order valence-corrected chi connectivity index (χ0v) is 12.4. The van der Waals surface area contributed by atoms with Gasteiger partial charge >= 0.3 is 0 Å². The van der Waals surface area contributed by atoms with E-state index in [1.54, 1.807) is 0 Å². The van der Waals surface area contributed by atoms with Gasteiger partial charge in [0.25, 0.3) is 0 Å². The molecule has 3 aliphatic rings. The summed E-state index contributed by atoms with van der Waals surface area (Å²) in [6, 6.07) is 1.57. The summed E-state index contributed by atoms with van der Waals surface area (Å²) in [6.45, 7) is 5.48. The van der Waals surface area contributed by atoms with Crippen LogP contribution in [0.2, 0.25) is 0 Å². The topological polar surface area (TPSA) is 61.6 Å². The van der Waals surface area contributed by atoms with E-state index in [-0.39, 0.29) is 5.91 Å². The molecule has 0 aromatic rings. The number of hydrogen-bond acceptors (Lipinski definition) is 4. The number of rotatable bonds is 2. The molecule has 3 heterocycles. The van der Waals surface area contributed by atoms with Crippen LogP contribution < -0.4 is 11.1 Å². The standard InChI is InChI=1S/C15H28N4O/c16-12-3-7-18(8-4-12)14-5-9-19(11-14)13-2-1-6-17-15(20)10-13/h12-14H,1-11,16H2,(H,17,20). The maximum atomic E-state index is 11.7. The lowest BCUT2D eigenvalue weighted by Gasteiger charge is -2.35. The molecule has 0 bridgehead atoms. The molecule has 20 heavy (non-hydrogen) atoms. The first-order chi connectivity index (χ1) is 9.72. The average molecular weight is 280 g/mol. The van der Waals surface area contributed by atoms with Crippen molar-refractivity contribution < 1.29 is 4.79 Å². The molecule has 2 unspecified atom stereocenters. The van der Waals surface area contributed by atoms with Crippen molar-refractivity contribution in [1.29, 1.82) is 0 Å². The minimum absolute atomic E-state index is 0.236. The normalized spacial score (nSPS) is 35.0. The first-order valence-corrected chi connectivity index (χ1v) is 8.23. The number of amides is 1. The zero-order chi connectivity index (χ0) is 13.9. The zero-order valence-electron chi connectivity index (χ0n) is 12.4. The molecule has 3 saturated heterocycles. The van der Waals surface area contributed by atoms with Crippen molar-refractivity contribution in [1.82, 2.24) is 15.1 Å². The third-order valence-corrected chi connectivity index (χ3v) is 5.26. The molecule has 0 radical (unpaired) electrons. The number of hydrogen-bond donors (Lipinski definition) is 2. The van der Waals surface area contributed by atoms with Crippen LogP contribution in [0.3, 0.4) is 0 Å². The summed E-state index contributed by atoms with van der Waals surface area (Å²) in [6.07, 6.45) is 6.52. The van der Waals surface area contributed by atoms with Crippen molar-refractivity contribution in [2.75, 3.05) is 32.7 Å². The third kappa shape index (κ3) is 3.32. The maximum absolute atomic E-state index is 11.7. The fourth-order valence-electron chi connectivity index (χ4n) is 3.95. The second-order valence-electron chi connectivity index (χ2n) is 6.66. The lowest BCUT2D eigenvalue weighted by Crippen LogP contribution is -2.46. The maximum Gasteiger partial charge on any atom is 0.221 e. The molecule has 0 aliphatic carbocycles. The molecule has 3 N–H and O–H groups in total. The molecule has 3 aliphatic heterocycles. The fourth-order valence-corrected chi connectivity index (χ4v) is 3.95. The summed E-state index contributed by atoms with van der Waals surface area (Å²) in [5.41, 5.74) is 5.99. The van der Waals surface area contributed by atoms with Crippen molar-refractivity contribution >= 4 is 5.91 Å². The molecule has 0 spiro atoms. The molecule has 0 saturated carbocycles. The predicted molar refractivity (Wildman–Crippen MR) is 79.4 cm³/mol. The van der Waals surface area contributed by atoms with Gasteiger partial charge in [0.05, 0.1) is 0 Å². The van der Waals surface area contributed by atoms with Gasteiger partial charge in [0.1, 0.15) is 0 Å². The van der Waals surface area contributed by atoms with Crippen LogP contribution in [-0.2, 0) is 4.79 Å². The Morgan fingerprint density at radius 3 is 2.55 bits per heavy atom. The first kappa shape index (κ1) is 14.3. The van der Waals surface area contributed by atoms with E-state index < -0.39 is 0 Å². The Hall–Kier alpha value is -0.650. The Labute approximate surface area is 121 Å². The van der Waals surface area contributed by atoms with Gasteiger partial charge in [0.2, 0.25) is 5.91 Å². The van der Waals surface area contributed by atoms with E-state index in [9.17, 15) is 4.79 Å². The van der Waals surface area contributed by atoms with Crippen LogP contribution >= 0.6 is 0 Å². The molecule has 0 aromatic carbocycles. The van der Waals surface area contributed by atoms with E-state index in [4.69, 9.17) is 5.73 Å². The Morgan fingerprint density at radius 2 is 1.75 bits per heavy atom. The molecule has 3 rings (SSSR count). The van der Waals surface area contributed by atoms with Crippen LogP contribution in [-0.4, -0.2) is 66.6 Å². The van der Waals surface area contributed by atoms with Gasteiger partial charge in [-0.25, -0.2) is 0 Å². The van der Waals surface area contributed by atoms with Gasteiger partial charge in [0, 0.05) is 44.2 Å².